The Hall–Kier alpha value is -2.77. The number of benzene rings is 1. The average molecular weight is 380 g/mol. The number of hydrogen-bond acceptors (Lipinski definition) is 6. The maximum absolute atomic E-state index is 5.89. The molecule has 0 bridgehead atoms. The smallest absolute Gasteiger partial charge is 0.276 e. The van der Waals surface area contributed by atoms with Gasteiger partial charge in [-0.25, -0.2) is 4.98 Å². The lowest BCUT2D eigenvalue weighted by Gasteiger charge is -2.14. The standard InChI is InChI=1S/C21H24N4O3/c1-5-17-24-21(28-25-17)20-14(11-26-4)19-16(10-22-20)23-15-9-7-8-13(18(15)19)12(3)27-6-2/h7-10,12,23H,5-6,11H2,1-4H3. The molecule has 7 nitrogen and oxygen atoms in total. The highest BCUT2D eigenvalue weighted by Gasteiger charge is 2.22. The fourth-order valence-electron chi connectivity index (χ4n) is 3.67. The molecular formula is C21H24N4O3. The molecule has 0 spiro atoms. The predicted octanol–water partition coefficient (Wildman–Crippen LogP) is 4.57. The van der Waals surface area contributed by atoms with Gasteiger partial charge in [0.05, 0.1) is 24.4 Å². The van der Waals surface area contributed by atoms with E-state index >= 15 is 0 Å². The molecule has 0 radical (unpaired) electrons. The second kappa shape index (κ2) is 7.69. The van der Waals surface area contributed by atoms with Crippen LogP contribution in [0.15, 0.2) is 28.9 Å². The van der Waals surface area contributed by atoms with Crippen molar-refractivity contribution in [3.05, 3.63) is 41.3 Å². The van der Waals surface area contributed by atoms with Gasteiger partial charge in [-0.1, -0.05) is 24.2 Å². The molecular weight excluding hydrogens is 356 g/mol. The summed E-state index contributed by atoms with van der Waals surface area (Å²) in [5.41, 5.74) is 4.68. The molecule has 1 aromatic carbocycles. The lowest BCUT2D eigenvalue weighted by atomic mass is 9.99. The van der Waals surface area contributed by atoms with Crippen LogP contribution < -0.4 is 0 Å². The third-order valence-electron chi connectivity index (χ3n) is 4.93. The maximum Gasteiger partial charge on any atom is 0.276 e. The molecule has 0 aliphatic rings. The Bertz CT molecular complexity index is 1120. The molecule has 3 aromatic heterocycles. The number of aromatic amines is 1. The van der Waals surface area contributed by atoms with Crippen LogP contribution in [0, 0.1) is 0 Å². The third kappa shape index (κ3) is 3.06. The van der Waals surface area contributed by atoms with Gasteiger partial charge < -0.3 is 19.0 Å². The van der Waals surface area contributed by atoms with Gasteiger partial charge in [0.1, 0.15) is 5.69 Å². The lowest BCUT2D eigenvalue weighted by molar-refractivity contribution is 0.0774. The predicted molar refractivity (Wildman–Crippen MR) is 107 cm³/mol. The van der Waals surface area contributed by atoms with Crippen LogP contribution in [0.5, 0.6) is 0 Å². The van der Waals surface area contributed by atoms with Gasteiger partial charge in [0.15, 0.2) is 5.82 Å². The molecule has 4 rings (SSSR count). The topological polar surface area (TPSA) is 86.1 Å². The highest BCUT2D eigenvalue weighted by molar-refractivity contribution is 6.11. The van der Waals surface area contributed by atoms with E-state index in [1.165, 1.54) is 0 Å². The molecule has 146 valence electrons. The summed E-state index contributed by atoms with van der Waals surface area (Å²) in [5.74, 6) is 1.07. The van der Waals surface area contributed by atoms with Crippen LogP contribution in [0.2, 0.25) is 0 Å². The van der Waals surface area contributed by atoms with Gasteiger partial charge >= 0.3 is 0 Å². The van der Waals surface area contributed by atoms with Crippen molar-refractivity contribution < 1.29 is 14.0 Å². The molecule has 0 fully saturated rings. The Labute approximate surface area is 163 Å². The van der Waals surface area contributed by atoms with Gasteiger partial charge in [0.25, 0.3) is 5.89 Å². The second-order valence-corrected chi connectivity index (χ2v) is 6.67. The monoisotopic (exact) mass is 380 g/mol. The van der Waals surface area contributed by atoms with E-state index in [0.29, 0.717) is 37.0 Å². The zero-order valence-electron chi connectivity index (χ0n) is 16.6. The van der Waals surface area contributed by atoms with Crippen molar-refractivity contribution in [3.8, 4) is 11.6 Å². The Morgan fingerprint density at radius 2 is 2.04 bits per heavy atom. The average Bonchev–Trinajstić information content (AvgIpc) is 3.32. The molecule has 3 heterocycles. The van der Waals surface area contributed by atoms with Gasteiger partial charge in [0.2, 0.25) is 0 Å². The van der Waals surface area contributed by atoms with Crippen molar-refractivity contribution in [2.24, 2.45) is 0 Å². The molecule has 0 amide bonds. The molecule has 0 saturated carbocycles. The van der Waals surface area contributed by atoms with E-state index in [0.717, 1.165) is 32.9 Å². The van der Waals surface area contributed by atoms with Crippen LogP contribution in [-0.4, -0.2) is 33.8 Å². The van der Waals surface area contributed by atoms with Crippen molar-refractivity contribution in [1.29, 1.82) is 0 Å². The number of methoxy groups -OCH3 is 1. The van der Waals surface area contributed by atoms with E-state index in [4.69, 9.17) is 14.0 Å². The van der Waals surface area contributed by atoms with E-state index in [1.54, 1.807) is 7.11 Å². The van der Waals surface area contributed by atoms with Crippen LogP contribution in [0.3, 0.4) is 0 Å². The number of aromatic nitrogens is 4. The Balaban J connectivity index is 2.03. The normalized spacial score (nSPS) is 12.9. The number of nitrogens with zero attached hydrogens (tertiary/aromatic N) is 3. The largest absolute Gasteiger partial charge is 0.380 e. The van der Waals surface area contributed by atoms with Crippen LogP contribution in [0.25, 0.3) is 33.4 Å². The second-order valence-electron chi connectivity index (χ2n) is 6.67. The molecule has 28 heavy (non-hydrogen) atoms. The first-order valence-electron chi connectivity index (χ1n) is 9.53. The summed E-state index contributed by atoms with van der Waals surface area (Å²) in [6.45, 7) is 7.10. The molecule has 0 aliphatic heterocycles. The number of pyridine rings is 1. The highest BCUT2D eigenvalue weighted by atomic mass is 16.5. The quantitative estimate of drug-likeness (QED) is 0.505. The van der Waals surface area contributed by atoms with Crippen molar-refractivity contribution in [3.63, 3.8) is 0 Å². The van der Waals surface area contributed by atoms with Gasteiger partial charge in [0, 0.05) is 42.0 Å². The van der Waals surface area contributed by atoms with Crippen molar-refractivity contribution in [1.82, 2.24) is 20.1 Å². The van der Waals surface area contributed by atoms with Crippen LogP contribution in [0.1, 0.15) is 43.8 Å². The van der Waals surface area contributed by atoms with Gasteiger partial charge in [-0.05, 0) is 25.5 Å². The molecule has 1 atom stereocenters. The zero-order chi connectivity index (χ0) is 19.7. The minimum absolute atomic E-state index is 0.0326. The number of rotatable bonds is 7. The minimum Gasteiger partial charge on any atom is -0.380 e. The number of nitrogens with one attached hydrogen (secondary N) is 1. The summed E-state index contributed by atoms with van der Waals surface area (Å²) in [7, 11) is 1.67. The molecule has 4 aromatic rings. The van der Waals surface area contributed by atoms with E-state index in [-0.39, 0.29) is 6.10 Å². The highest BCUT2D eigenvalue weighted by Crippen LogP contribution is 2.37. The van der Waals surface area contributed by atoms with Crippen molar-refractivity contribution in [2.75, 3.05) is 13.7 Å². The van der Waals surface area contributed by atoms with Crippen LogP contribution >= 0.6 is 0 Å². The number of ether oxygens (including phenoxy) is 2. The summed E-state index contributed by atoms with van der Waals surface area (Å²) in [6, 6.07) is 6.21. The fraction of sp³-hybridized carbons (Fsp3) is 0.381. The SMILES string of the molecule is CCOC(C)c1cccc2[nH]c3cnc(-c4nc(CC)no4)c(COC)c3c12. The Kier molecular flexibility index (Phi) is 5.11. The minimum atomic E-state index is -0.0326. The zero-order valence-corrected chi connectivity index (χ0v) is 16.6. The summed E-state index contributed by atoms with van der Waals surface area (Å²) >= 11 is 0. The van der Waals surface area contributed by atoms with Crippen molar-refractivity contribution >= 4 is 21.8 Å². The van der Waals surface area contributed by atoms with Gasteiger partial charge in [-0.3, -0.25) is 0 Å². The van der Waals surface area contributed by atoms with E-state index in [9.17, 15) is 0 Å². The molecule has 1 unspecified atom stereocenters. The summed E-state index contributed by atoms with van der Waals surface area (Å²) in [4.78, 5) is 12.5. The first-order chi connectivity index (χ1) is 13.7. The molecule has 0 aliphatic carbocycles. The van der Waals surface area contributed by atoms with E-state index in [1.807, 2.05) is 26.1 Å². The molecule has 7 heteroatoms. The van der Waals surface area contributed by atoms with Crippen LogP contribution in [0.4, 0.5) is 0 Å². The van der Waals surface area contributed by atoms with E-state index in [2.05, 4.69) is 39.2 Å². The third-order valence-corrected chi connectivity index (χ3v) is 4.93. The Morgan fingerprint density at radius 3 is 2.75 bits per heavy atom. The van der Waals surface area contributed by atoms with Crippen LogP contribution in [-0.2, 0) is 22.5 Å². The summed E-state index contributed by atoms with van der Waals surface area (Å²) in [5, 5.41) is 6.19. The number of H-pyrrole nitrogens is 1. The molecule has 1 N–H and O–H groups in total. The fourth-order valence-corrected chi connectivity index (χ4v) is 3.67. The van der Waals surface area contributed by atoms with Gasteiger partial charge in [-0.15, -0.1) is 0 Å². The Morgan fingerprint density at radius 1 is 1.18 bits per heavy atom. The summed E-state index contributed by atoms with van der Waals surface area (Å²) in [6.07, 6.45) is 2.48. The molecule has 0 saturated heterocycles. The maximum atomic E-state index is 5.89. The summed E-state index contributed by atoms with van der Waals surface area (Å²) < 4.78 is 16.9. The first-order valence-corrected chi connectivity index (χ1v) is 9.53. The van der Waals surface area contributed by atoms with Crippen molar-refractivity contribution in [2.45, 2.75) is 39.9 Å². The van der Waals surface area contributed by atoms with Gasteiger partial charge in [-0.2, -0.15) is 4.98 Å². The number of aryl methyl sites for hydroxylation is 1. The number of fused-ring (bicyclic) bond motifs is 3. The lowest BCUT2D eigenvalue weighted by Crippen LogP contribution is -2.01. The van der Waals surface area contributed by atoms with E-state index < -0.39 is 0 Å². The first kappa shape index (κ1) is 18.6. The number of hydrogen-bond donors (Lipinski definition) is 1.